The maximum atomic E-state index is 11.1. The van der Waals surface area contributed by atoms with Crippen molar-refractivity contribution in [3.63, 3.8) is 0 Å². The average Bonchev–Trinajstić information content (AvgIpc) is 2.62. The van der Waals surface area contributed by atoms with Crippen molar-refractivity contribution in [1.82, 2.24) is 10.4 Å². The molecule has 0 saturated carbocycles. The Morgan fingerprint density at radius 1 is 1.38 bits per heavy atom. The molecule has 0 heterocycles. The van der Waals surface area contributed by atoms with Gasteiger partial charge in [-0.2, -0.15) is 0 Å². The number of hydrogen-bond donors (Lipinski definition) is 2. The minimum Gasteiger partial charge on any atom is -0.303 e. The van der Waals surface area contributed by atoms with Gasteiger partial charge in [0.15, 0.2) is 0 Å². The Balaban J connectivity index is 2.80. The summed E-state index contributed by atoms with van der Waals surface area (Å²) in [5.41, 5.74) is 3.82. The number of nitrogens with one attached hydrogen (secondary N) is 1. The fourth-order valence-electron chi connectivity index (χ4n) is 2.33. The molecule has 24 heavy (non-hydrogen) atoms. The predicted octanol–water partition coefficient (Wildman–Crippen LogP) is 3.76. The number of hydroxylamine groups is 1. The first kappa shape index (κ1) is 20.5. The number of rotatable bonds is 11. The highest BCUT2D eigenvalue weighted by Gasteiger charge is 2.06. The van der Waals surface area contributed by atoms with E-state index in [0.29, 0.717) is 0 Å². The van der Waals surface area contributed by atoms with Gasteiger partial charge in [0.25, 0.3) is 5.91 Å². The van der Waals surface area contributed by atoms with Gasteiger partial charge in [0.2, 0.25) is 0 Å². The summed E-state index contributed by atoms with van der Waals surface area (Å²) < 4.78 is 0. The van der Waals surface area contributed by atoms with E-state index < -0.39 is 5.91 Å². The highest BCUT2D eigenvalue weighted by Crippen LogP contribution is 2.26. The summed E-state index contributed by atoms with van der Waals surface area (Å²) in [5, 5.41) is 8.54. The highest BCUT2D eigenvalue weighted by molar-refractivity contribution is 7.99. The number of thioether (sulfide) groups is 1. The maximum Gasteiger partial charge on any atom is 0.267 e. The third kappa shape index (κ3) is 7.34. The summed E-state index contributed by atoms with van der Waals surface area (Å²) in [6.07, 6.45) is 6.80. The molecule has 0 aliphatic carbocycles. The van der Waals surface area contributed by atoms with Crippen LogP contribution in [0.5, 0.6) is 0 Å². The molecule has 4 nitrogen and oxygen atoms in total. The lowest BCUT2D eigenvalue weighted by Gasteiger charge is -2.18. The van der Waals surface area contributed by atoms with Crippen molar-refractivity contribution in [2.75, 3.05) is 25.4 Å². The van der Waals surface area contributed by atoms with E-state index in [0.717, 1.165) is 43.8 Å². The van der Waals surface area contributed by atoms with E-state index in [9.17, 15) is 4.79 Å². The molecule has 1 amide bonds. The van der Waals surface area contributed by atoms with Crippen LogP contribution in [0.3, 0.4) is 0 Å². The van der Waals surface area contributed by atoms with Crippen LogP contribution in [-0.2, 0) is 11.2 Å². The molecule has 5 heteroatoms. The number of carbonyl (C=O) groups excluding carboxylic acids is 1. The normalized spacial score (nSPS) is 11.2. The molecule has 0 unspecified atom stereocenters. The topological polar surface area (TPSA) is 52.6 Å². The molecule has 0 fully saturated rings. The SMILES string of the molecule is C=CCCc1cc(/C=C/C(=O)NO)ccc1SCCN(CC)CC. The van der Waals surface area contributed by atoms with Gasteiger partial charge in [-0.1, -0.05) is 32.1 Å². The monoisotopic (exact) mass is 348 g/mol. The van der Waals surface area contributed by atoms with Crippen molar-refractivity contribution in [3.05, 3.63) is 48.1 Å². The average molecular weight is 349 g/mol. The van der Waals surface area contributed by atoms with E-state index in [2.05, 4.69) is 37.5 Å². The minimum absolute atomic E-state index is 0.527. The molecule has 1 aromatic carbocycles. The Morgan fingerprint density at radius 3 is 2.75 bits per heavy atom. The van der Waals surface area contributed by atoms with E-state index in [1.807, 2.05) is 23.9 Å². The van der Waals surface area contributed by atoms with E-state index in [-0.39, 0.29) is 0 Å². The Hall–Kier alpha value is -1.56. The number of allylic oxidation sites excluding steroid dienone is 1. The third-order valence-corrected chi connectivity index (χ3v) is 4.90. The number of aryl methyl sites for hydroxylation is 1. The largest absolute Gasteiger partial charge is 0.303 e. The lowest BCUT2D eigenvalue weighted by molar-refractivity contribution is -0.124. The molecule has 0 aliphatic rings. The van der Waals surface area contributed by atoms with Crippen LogP contribution in [-0.4, -0.2) is 41.4 Å². The fourth-order valence-corrected chi connectivity index (χ4v) is 3.41. The summed E-state index contributed by atoms with van der Waals surface area (Å²) in [5.74, 6) is 0.533. The van der Waals surface area contributed by atoms with Crippen molar-refractivity contribution in [1.29, 1.82) is 0 Å². The summed E-state index contributed by atoms with van der Waals surface area (Å²) in [4.78, 5) is 14.8. The van der Waals surface area contributed by atoms with Gasteiger partial charge in [-0.3, -0.25) is 10.0 Å². The highest BCUT2D eigenvalue weighted by atomic mass is 32.2. The summed E-state index contributed by atoms with van der Waals surface area (Å²) >= 11 is 1.87. The minimum atomic E-state index is -0.527. The summed E-state index contributed by atoms with van der Waals surface area (Å²) in [6, 6.07) is 6.21. The quantitative estimate of drug-likeness (QED) is 0.210. The predicted molar refractivity (Wildman–Crippen MR) is 102 cm³/mol. The zero-order valence-electron chi connectivity index (χ0n) is 14.6. The Morgan fingerprint density at radius 2 is 2.12 bits per heavy atom. The van der Waals surface area contributed by atoms with Crippen LogP contribution in [0, 0.1) is 0 Å². The molecule has 2 N–H and O–H groups in total. The second-order valence-corrected chi connectivity index (χ2v) is 6.52. The van der Waals surface area contributed by atoms with Crippen LogP contribution in [0.1, 0.15) is 31.4 Å². The lowest BCUT2D eigenvalue weighted by atomic mass is 10.1. The molecule has 1 aromatic rings. The van der Waals surface area contributed by atoms with Gasteiger partial charge in [-0.25, -0.2) is 5.48 Å². The molecule has 0 atom stereocenters. The van der Waals surface area contributed by atoms with Crippen molar-refractivity contribution in [3.8, 4) is 0 Å². The number of hydrogen-bond acceptors (Lipinski definition) is 4. The van der Waals surface area contributed by atoms with Crippen LogP contribution in [0.15, 0.2) is 41.8 Å². The lowest BCUT2D eigenvalue weighted by Crippen LogP contribution is -2.25. The van der Waals surface area contributed by atoms with Crippen molar-refractivity contribution >= 4 is 23.7 Å². The number of nitrogens with zero attached hydrogens (tertiary/aromatic N) is 1. The van der Waals surface area contributed by atoms with E-state index in [1.54, 1.807) is 11.6 Å². The molecule has 0 aliphatic heterocycles. The second kappa shape index (κ2) is 11.9. The standard InChI is InChI=1S/C19H28N2O2S/c1-4-7-8-17-15-16(10-12-19(22)20-23)9-11-18(17)24-14-13-21(5-2)6-3/h4,9-12,15,23H,1,5-8,13-14H2,2-3H3,(H,20,22)/b12-10+. The van der Waals surface area contributed by atoms with Crippen LogP contribution in [0.2, 0.25) is 0 Å². The zero-order valence-corrected chi connectivity index (χ0v) is 15.4. The Labute approximate surface area is 149 Å². The Kier molecular flexibility index (Phi) is 10.2. The molecule has 0 aromatic heterocycles. The van der Waals surface area contributed by atoms with Gasteiger partial charge in [0, 0.05) is 23.3 Å². The first-order valence-electron chi connectivity index (χ1n) is 8.35. The van der Waals surface area contributed by atoms with Crippen molar-refractivity contribution in [2.45, 2.75) is 31.6 Å². The Bertz CT molecular complexity index is 554. The first-order chi connectivity index (χ1) is 11.6. The van der Waals surface area contributed by atoms with Crippen LogP contribution in [0.25, 0.3) is 6.08 Å². The molecular formula is C19H28N2O2S. The van der Waals surface area contributed by atoms with E-state index in [1.165, 1.54) is 16.5 Å². The van der Waals surface area contributed by atoms with Gasteiger partial charge < -0.3 is 4.90 Å². The number of amides is 1. The molecule has 0 radical (unpaired) electrons. The van der Waals surface area contributed by atoms with Gasteiger partial charge >= 0.3 is 0 Å². The second-order valence-electron chi connectivity index (χ2n) is 5.38. The first-order valence-corrected chi connectivity index (χ1v) is 9.34. The van der Waals surface area contributed by atoms with Gasteiger partial charge in [-0.15, -0.1) is 18.3 Å². The van der Waals surface area contributed by atoms with Gasteiger partial charge in [0.1, 0.15) is 0 Å². The molecule has 132 valence electrons. The van der Waals surface area contributed by atoms with Crippen molar-refractivity contribution < 1.29 is 10.0 Å². The molecule has 0 spiro atoms. The number of carbonyl (C=O) groups is 1. The zero-order chi connectivity index (χ0) is 17.8. The van der Waals surface area contributed by atoms with Gasteiger partial charge in [-0.05, 0) is 49.2 Å². The summed E-state index contributed by atoms with van der Waals surface area (Å²) in [6.45, 7) is 11.4. The molecule has 1 rings (SSSR count). The maximum absolute atomic E-state index is 11.1. The number of benzene rings is 1. The van der Waals surface area contributed by atoms with Crippen LogP contribution < -0.4 is 5.48 Å². The third-order valence-electron chi connectivity index (χ3n) is 3.80. The molecule has 0 bridgehead atoms. The molecule has 0 saturated heterocycles. The van der Waals surface area contributed by atoms with E-state index >= 15 is 0 Å². The van der Waals surface area contributed by atoms with Crippen LogP contribution >= 0.6 is 11.8 Å². The smallest absolute Gasteiger partial charge is 0.267 e. The van der Waals surface area contributed by atoms with Gasteiger partial charge in [0.05, 0.1) is 0 Å². The van der Waals surface area contributed by atoms with E-state index in [4.69, 9.17) is 5.21 Å². The summed E-state index contributed by atoms with van der Waals surface area (Å²) in [7, 11) is 0. The van der Waals surface area contributed by atoms with Crippen molar-refractivity contribution in [2.24, 2.45) is 0 Å². The molecular weight excluding hydrogens is 320 g/mol. The fraction of sp³-hybridized carbons (Fsp3) is 0.421. The van der Waals surface area contributed by atoms with Crippen LogP contribution in [0.4, 0.5) is 0 Å².